The molecule has 2 N–H and O–H groups in total. The summed E-state index contributed by atoms with van der Waals surface area (Å²) in [7, 11) is 1.36. The highest BCUT2D eigenvalue weighted by atomic mass is 16.8. The van der Waals surface area contributed by atoms with Gasteiger partial charge in [0.25, 0.3) is 0 Å². The summed E-state index contributed by atoms with van der Waals surface area (Å²) in [5, 5.41) is 0.986. The maximum absolute atomic E-state index is 10.4. The van der Waals surface area contributed by atoms with E-state index in [1.165, 1.54) is 7.11 Å². The number of amides is 1. The summed E-state index contributed by atoms with van der Waals surface area (Å²) in [4.78, 5) is 18.8. The topological polar surface area (TPSA) is 64.8 Å². The third-order valence-corrected chi connectivity index (χ3v) is 0.812. The van der Waals surface area contributed by atoms with Crippen LogP contribution < -0.4 is 5.90 Å². The van der Waals surface area contributed by atoms with E-state index in [1.54, 1.807) is 6.92 Å². The van der Waals surface area contributed by atoms with E-state index in [2.05, 4.69) is 15.6 Å². The number of carbonyl (C=O) groups excluding carboxylic acids is 1. The van der Waals surface area contributed by atoms with Crippen LogP contribution in [-0.4, -0.2) is 24.8 Å². The number of nitrogens with zero attached hydrogens (tertiary/aromatic N) is 1. The van der Waals surface area contributed by atoms with Gasteiger partial charge in [0.2, 0.25) is 0 Å². The number of hydrogen-bond acceptors (Lipinski definition) is 4. The summed E-state index contributed by atoms with van der Waals surface area (Å²) in [6.45, 7) is 2.15. The molecular weight excluding hydrogens is 124 g/mol. The van der Waals surface area contributed by atoms with E-state index in [9.17, 15) is 4.79 Å². The molecular formula is C4H10N2O3. The molecule has 0 aromatic heterocycles. The first kappa shape index (κ1) is 8.19. The molecule has 0 spiro atoms. The molecule has 9 heavy (non-hydrogen) atoms. The minimum absolute atomic E-state index is 0.409. The van der Waals surface area contributed by atoms with Crippen molar-refractivity contribution in [3.63, 3.8) is 0 Å². The Hall–Kier alpha value is -0.810. The van der Waals surface area contributed by atoms with Crippen molar-refractivity contribution in [3.8, 4) is 0 Å². The van der Waals surface area contributed by atoms with Crippen LogP contribution in [0.1, 0.15) is 6.92 Å². The third-order valence-electron chi connectivity index (χ3n) is 0.812. The maximum Gasteiger partial charge on any atom is 0.452 e. The van der Waals surface area contributed by atoms with Crippen LogP contribution in [0.15, 0.2) is 0 Å². The first-order valence-corrected chi connectivity index (χ1v) is 2.48. The highest BCUT2D eigenvalue weighted by Crippen LogP contribution is 1.88. The van der Waals surface area contributed by atoms with Gasteiger partial charge in [0.05, 0.1) is 7.11 Å². The molecule has 0 atom stereocenters. The number of rotatable bonds is 2. The van der Waals surface area contributed by atoms with Crippen molar-refractivity contribution < 1.29 is 14.5 Å². The Morgan fingerprint density at radius 2 is 2.33 bits per heavy atom. The Labute approximate surface area is 53.2 Å². The molecule has 5 heteroatoms. The number of nitrogens with two attached hydrogens (primary N) is 1. The first-order valence-electron chi connectivity index (χ1n) is 2.48. The van der Waals surface area contributed by atoms with E-state index >= 15 is 0 Å². The Bertz CT molecular complexity index is 91.8. The molecule has 0 aliphatic heterocycles. The molecule has 0 unspecified atom stereocenters. The fourth-order valence-electron chi connectivity index (χ4n) is 0.392. The van der Waals surface area contributed by atoms with Crippen LogP contribution in [0.5, 0.6) is 0 Å². The van der Waals surface area contributed by atoms with Gasteiger partial charge in [0.15, 0.2) is 0 Å². The largest absolute Gasteiger partial charge is 0.452 e. The Kier molecular flexibility index (Phi) is 3.74. The van der Waals surface area contributed by atoms with E-state index in [1.807, 2.05) is 0 Å². The molecule has 0 aliphatic rings. The lowest BCUT2D eigenvalue weighted by Crippen LogP contribution is -2.31. The first-order chi connectivity index (χ1) is 4.26. The maximum atomic E-state index is 10.4. The fourth-order valence-corrected chi connectivity index (χ4v) is 0.392. The van der Waals surface area contributed by atoms with Crippen LogP contribution in [0.4, 0.5) is 4.79 Å². The minimum Gasteiger partial charge on any atom is -0.355 e. The van der Waals surface area contributed by atoms with Gasteiger partial charge in [-0.2, -0.15) is 11.0 Å². The lowest BCUT2D eigenvalue weighted by atomic mass is 10.7. The molecule has 5 nitrogen and oxygen atoms in total. The second-order valence-corrected chi connectivity index (χ2v) is 1.26. The molecule has 0 saturated heterocycles. The smallest absolute Gasteiger partial charge is 0.355 e. The molecule has 0 fully saturated rings. The van der Waals surface area contributed by atoms with Gasteiger partial charge in [0, 0.05) is 6.54 Å². The lowest BCUT2D eigenvalue weighted by molar-refractivity contribution is -0.107. The summed E-state index contributed by atoms with van der Waals surface area (Å²) in [5.41, 5.74) is 0. The molecule has 0 bridgehead atoms. The van der Waals surface area contributed by atoms with Crippen molar-refractivity contribution in [2.24, 2.45) is 5.90 Å². The Balaban J connectivity index is 3.64. The van der Waals surface area contributed by atoms with Crippen LogP contribution in [0.3, 0.4) is 0 Å². The van der Waals surface area contributed by atoms with Crippen molar-refractivity contribution in [2.45, 2.75) is 6.92 Å². The van der Waals surface area contributed by atoms with Crippen molar-refractivity contribution >= 4 is 6.09 Å². The molecule has 0 heterocycles. The highest BCUT2D eigenvalue weighted by Gasteiger charge is 2.09. The standard InChI is InChI=1S/C4H10N2O3/c1-3-6(8-2)4(7)9-5/h3,5H2,1-2H3. The van der Waals surface area contributed by atoms with E-state index < -0.39 is 6.09 Å². The highest BCUT2D eigenvalue weighted by molar-refractivity contribution is 5.65. The molecule has 0 rings (SSSR count). The summed E-state index contributed by atoms with van der Waals surface area (Å²) in [5.74, 6) is 4.55. The van der Waals surface area contributed by atoms with Crippen LogP contribution in [0, 0.1) is 0 Å². The number of carbonyl (C=O) groups is 1. The quantitative estimate of drug-likeness (QED) is 0.535. The normalized spacial score (nSPS) is 8.78. The molecule has 0 aliphatic carbocycles. The van der Waals surface area contributed by atoms with Gasteiger partial charge in [-0.3, -0.25) is 4.84 Å². The van der Waals surface area contributed by atoms with E-state index in [-0.39, 0.29) is 0 Å². The number of hydroxylamine groups is 2. The second kappa shape index (κ2) is 4.11. The van der Waals surface area contributed by atoms with Crippen molar-refractivity contribution in [2.75, 3.05) is 13.7 Å². The van der Waals surface area contributed by atoms with Gasteiger partial charge in [-0.15, -0.1) is 0 Å². The Morgan fingerprint density at radius 1 is 1.78 bits per heavy atom. The van der Waals surface area contributed by atoms with Crippen LogP contribution in [0.25, 0.3) is 0 Å². The average molecular weight is 134 g/mol. The zero-order valence-electron chi connectivity index (χ0n) is 5.46. The van der Waals surface area contributed by atoms with Crippen molar-refractivity contribution in [1.82, 2.24) is 5.06 Å². The van der Waals surface area contributed by atoms with Crippen LogP contribution in [0.2, 0.25) is 0 Å². The van der Waals surface area contributed by atoms with Crippen LogP contribution in [-0.2, 0) is 9.68 Å². The zero-order valence-corrected chi connectivity index (χ0v) is 5.46. The number of hydrogen-bond donors (Lipinski definition) is 1. The van der Waals surface area contributed by atoms with Gasteiger partial charge in [0.1, 0.15) is 0 Å². The second-order valence-electron chi connectivity index (χ2n) is 1.26. The van der Waals surface area contributed by atoms with E-state index in [0.29, 0.717) is 6.54 Å². The Morgan fingerprint density at radius 3 is 2.44 bits per heavy atom. The monoisotopic (exact) mass is 134 g/mol. The van der Waals surface area contributed by atoms with Gasteiger partial charge >= 0.3 is 6.09 Å². The SMILES string of the molecule is CCN(OC)C(=O)ON. The average Bonchev–Trinajstić information content (AvgIpc) is 1.90. The lowest BCUT2D eigenvalue weighted by Gasteiger charge is -2.13. The fraction of sp³-hybridized carbons (Fsp3) is 0.750. The summed E-state index contributed by atoms with van der Waals surface area (Å²) in [6, 6.07) is 0. The minimum atomic E-state index is -0.694. The third kappa shape index (κ3) is 2.29. The predicted molar refractivity (Wildman–Crippen MR) is 30.1 cm³/mol. The van der Waals surface area contributed by atoms with Gasteiger partial charge in [-0.05, 0) is 6.92 Å². The summed E-state index contributed by atoms with van der Waals surface area (Å²) in [6.07, 6.45) is -0.694. The van der Waals surface area contributed by atoms with Crippen molar-refractivity contribution in [1.29, 1.82) is 0 Å². The van der Waals surface area contributed by atoms with Gasteiger partial charge in [-0.1, -0.05) is 0 Å². The molecule has 0 saturated carbocycles. The summed E-state index contributed by atoms with van der Waals surface area (Å²) < 4.78 is 0. The molecule has 54 valence electrons. The van der Waals surface area contributed by atoms with E-state index in [4.69, 9.17) is 0 Å². The van der Waals surface area contributed by atoms with E-state index in [0.717, 1.165) is 5.06 Å². The predicted octanol–water partition coefficient (Wildman–Crippen LogP) is -0.120. The zero-order chi connectivity index (χ0) is 7.28. The van der Waals surface area contributed by atoms with Crippen molar-refractivity contribution in [3.05, 3.63) is 0 Å². The summed E-state index contributed by atoms with van der Waals surface area (Å²) >= 11 is 0. The molecule has 0 aromatic carbocycles. The van der Waals surface area contributed by atoms with Crippen LogP contribution >= 0.6 is 0 Å². The van der Waals surface area contributed by atoms with Gasteiger partial charge < -0.3 is 4.84 Å². The molecule has 0 aromatic rings. The van der Waals surface area contributed by atoms with Gasteiger partial charge in [-0.25, -0.2) is 4.79 Å². The molecule has 1 amide bonds. The molecule has 0 radical (unpaired) electrons.